The van der Waals surface area contributed by atoms with E-state index in [4.69, 9.17) is 10.4 Å². The van der Waals surface area contributed by atoms with Crippen molar-refractivity contribution in [3.8, 4) is 6.07 Å². The van der Waals surface area contributed by atoms with Gasteiger partial charge in [0.2, 0.25) is 5.95 Å². The molecule has 0 saturated carbocycles. The highest BCUT2D eigenvalue weighted by Gasteiger charge is 1.98. The van der Waals surface area contributed by atoms with Gasteiger partial charge in [0.1, 0.15) is 11.8 Å². The van der Waals surface area contributed by atoms with Gasteiger partial charge in [-0.05, 0) is 18.9 Å². The lowest BCUT2D eigenvalue weighted by molar-refractivity contribution is -0.137. The number of aromatic nitrogens is 2. The van der Waals surface area contributed by atoms with Crippen LogP contribution in [0.2, 0.25) is 0 Å². The second kappa shape index (κ2) is 7.17. The summed E-state index contributed by atoms with van der Waals surface area (Å²) in [5, 5.41) is 20.1. The molecule has 0 amide bonds. The molecule has 0 atom stereocenters. The lowest BCUT2D eigenvalue weighted by Crippen LogP contribution is -2.06. The Labute approximate surface area is 99.3 Å². The molecule has 2 N–H and O–H groups in total. The van der Waals surface area contributed by atoms with Gasteiger partial charge in [0, 0.05) is 19.2 Å². The maximum absolute atomic E-state index is 10.3. The summed E-state index contributed by atoms with van der Waals surface area (Å²) in [5.41, 5.74) is 0.327. The van der Waals surface area contributed by atoms with Crippen LogP contribution in [0.1, 0.15) is 31.4 Å². The van der Waals surface area contributed by atoms with Gasteiger partial charge in [-0.1, -0.05) is 6.42 Å². The number of carboxylic acids is 1. The third kappa shape index (κ3) is 5.47. The first-order chi connectivity index (χ1) is 8.22. The van der Waals surface area contributed by atoms with E-state index in [-0.39, 0.29) is 6.42 Å². The predicted octanol–water partition coefficient (Wildman–Crippen LogP) is 1.41. The molecule has 17 heavy (non-hydrogen) atoms. The molecule has 6 heteroatoms. The molecule has 0 unspecified atom stereocenters. The van der Waals surface area contributed by atoms with E-state index < -0.39 is 5.97 Å². The van der Waals surface area contributed by atoms with Crippen molar-refractivity contribution in [2.24, 2.45) is 0 Å². The molecule has 1 aromatic rings. The first kappa shape index (κ1) is 12.9. The highest BCUT2D eigenvalue weighted by Crippen LogP contribution is 2.02. The molecule has 0 aliphatic heterocycles. The minimum atomic E-state index is -0.761. The Balaban J connectivity index is 2.18. The van der Waals surface area contributed by atoms with Gasteiger partial charge in [-0.25, -0.2) is 9.97 Å². The van der Waals surface area contributed by atoms with Gasteiger partial charge in [-0.2, -0.15) is 5.26 Å². The highest BCUT2D eigenvalue weighted by molar-refractivity contribution is 5.66. The molecule has 1 heterocycles. The van der Waals surface area contributed by atoms with Crippen molar-refractivity contribution in [3.05, 3.63) is 18.0 Å². The van der Waals surface area contributed by atoms with Crippen LogP contribution in [-0.2, 0) is 4.79 Å². The lowest BCUT2D eigenvalue weighted by atomic mass is 10.2. The van der Waals surface area contributed by atoms with E-state index in [9.17, 15) is 4.79 Å². The van der Waals surface area contributed by atoms with Gasteiger partial charge in [-0.15, -0.1) is 0 Å². The molecule has 0 aromatic carbocycles. The summed E-state index contributed by atoms with van der Waals surface area (Å²) < 4.78 is 0. The summed E-state index contributed by atoms with van der Waals surface area (Å²) in [4.78, 5) is 18.2. The number of carbonyl (C=O) groups is 1. The summed E-state index contributed by atoms with van der Waals surface area (Å²) in [6.07, 6.45) is 4.11. The van der Waals surface area contributed by atoms with E-state index >= 15 is 0 Å². The quantitative estimate of drug-likeness (QED) is 0.692. The molecule has 1 aromatic heterocycles. The summed E-state index contributed by atoms with van der Waals surface area (Å²) in [7, 11) is 0. The largest absolute Gasteiger partial charge is 0.481 e. The van der Waals surface area contributed by atoms with Crippen molar-refractivity contribution in [1.82, 2.24) is 9.97 Å². The fourth-order valence-corrected chi connectivity index (χ4v) is 1.28. The van der Waals surface area contributed by atoms with Crippen LogP contribution in [-0.4, -0.2) is 27.6 Å². The topological polar surface area (TPSA) is 98.9 Å². The van der Waals surface area contributed by atoms with Crippen molar-refractivity contribution in [2.45, 2.75) is 25.7 Å². The zero-order valence-corrected chi connectivity index (χ0v) is 9.39. The van der Waals surface area contributed by atoms with Gasteiger partial charge >= 0.3 is 5.97 Å². The molecule has 0 saturated heterocycles. The molecular weight excluding hydrogens is 220 g/mol. The van der Waals surface area contributed by atoms with Crippen LogP contribution in [0.3, 0.4) is 0 Å². The molecule has 1 rings (SSSR count). The van der Waals surface area contributed by atoms with Gasteiger partial charge in [0.15, 0.2) is 0 Å². The maximum Gasteiger partial charge on any atom is 0.303 e. The van der Waals surface area contributed by atoms with E-state index in [1.807, 2.05) is 6.07 Å². The Kier molecular flexibility index (Phi) is 5.44. The normalized spacial score (nSPS) is 9.59. The number of anilines is 1. The molecule has 0 fully saturated rings. The third-order valence-electron chi connectivity index (χ3n) is 2.12. The first-order valence-electron chi connectivity index (χ1n) is 5.41. The summed E-state index contributed by atoms with van der Waals surface area (Å²) >= 11 is 0. The van der Waals surface area contributed by atoms with Crippen molar-refractivity contribution in [2.75, 3.05) is 11.9 Å². The van der Waals surface area contributed by atoms with Crippen LogP contribution in [0.25, 0.3) is 0 Å². The fraction of sp³-hybridized carbons (Fsp3) is 0.455. The summed E-state index contributed by atoms with van der Waals surface area (Å²) in [5.74, 6) is -0.328. The molecule has 0 radical (unpaired) electrons. The summed E-state index contributed by atoms with van der Waals surface area (Å²) in [6.45, 7) is 0.675. The van der Waals surface area contributed by atoms with Crippen LogP contribution in [0.5, 0.6) is 0 Å². The fourth-order valence-electron chi connectivity index (χ4n) is 1.28. The number of carboxylic acid groups (broad SMARTS) is 1. The van der Waals surface area contributed by atoms with Crippen molar-refractivity contribution < 1.29 is 9.90 Å². The van der Waals surface area contributed by atoms with Gasteiger partial charge in [-0.3, -0.25) is 4.79 Å². The molecule has 6 nitrogen and oxygen atoms in total. The van der Waals surface area contributed by atoms with Gasteiger partial charge in [0.05, 0.1) is 0 Å². The Morgan fingerprint density at radius 1 is 1.47 bits per heavy atom. The molecule has 0 aliphatic rings. The molecular formula is C11H14N4O2. The third-order valence-corrected chi connectivity index (χ3v) is 2.12. The van der Waals surface area contributed by atoms with Crippen LogP contribution < -0.4 is 5.32 Å². The number of aliphatic carboxylic acids is 1. The van der Waals surface area contributed by atoms with E-state index in [1.54, 1.807) is 0 Å². The lowest BCUT2D eigenvalue weighted by Gasteiger charge is -2.03. The second-order valence-electron chi connectivity index (χ2n) is 3.51. The second-order valence-corrected chi connectivity index (χ2v) is 3.51. The van der Waals surface area contributed by atoms with E-state index in [1.165, 1.54) is 12.3 Å². The zero-order valence-electron chi connectivity index (χ0n) is 9.39. The van der Waals surface area contributed by atoms with Crippen molar-refractivity contribution in [3.63, 3.8) is 0 Å². The standard InChI is InChI=1S/C11H14N4O2/c12-8-9-5-7-14-11(15-9)13-6-3-1-2-4-10(16)17/h5,7H,1-4,6H2,(H,16,17)(H,13,14,15). The number of nitrogens with one attached hydrogen (secondary N) is 1. The number of hydrogen-bond acceptors (Lipinski definition) is 5. The van der Waals surface area contributed by atoms with Gasteiger partial charge in [0.25, 0.3) is 0 Å². The van der Waals surface area contributed by atoms with Crippen LogP contribution >= 0.6 is 0 Å². The Morgan fingerprint density at radius 2 is 2.29 bits per heavy atom. The van der Waals surface area contributed by atoms with Gasteiger partial charge < -0.3 is 10.4 Å². The zero-order chi connectivity index (χ0) is 12.5. The number of nitrogens with zero attached hydrogens (tertiary/aromatic N) is 3. The number of rotatable bonds is 7. The van der Waals surface area contributed by atoms with Crippen LogP contribution in [0.4, 0.5) is 5.95 Å². The predicted molar refractivity (Wildman–Crippen MR) is 61.3 cm³/mol. The first-order valence-corrected chi connectivity index (χ1v) is 5.41. The number of hydrogen-bond donors (Lipinski definition) is 2. The van der Waals surface area contributed by atoms with Crippen LogP contribution in [0, 0.1) is 11.3 Å². The average Bonchev–Trinajstić information content (AvgIpc) is 2.33. The van der Waals surface area contributed by atoms with Crippen molar-refractivity contribution in [1.29, 1.82) is 5.26 Å². The SMILES string of the molecule is N#Cc1ccnc(NCCCCCC(=O)O)n1. The Morgan fingerprint density at radius 3 is 3.00 bits per heavy atom. The van der Waals surface area contributed by atoms with E-state index in [0.29, 0.717) is 24.6 Å². The minimum Gasteiger partial charge on any atom is -0.481 e. The Bertz CT molecular complexity index is 414. The van der Waals surface area contributed by atoms with E-state index in [2.05, 4.69) is 15.3 Å². The monoisotopic (exact) mass is 234 g/mol. The summed E-state index contributed by atoms with van der Waals surface area (Å²) in [6, 6.07) is 3.47. The minimum absolute atomic E-state index is 0.209. The molecule has 0 bridgehead atoms. The molecule has 0 spiro atoms. The van der Waals surface area contributed by atoms with Crippen molar-refractivity contribution >= 4 is 11.9 Å². The number of unbranched alkanes of at least 4 members (excludes halogenated alkanes) is 2. The smallest absolute Gasteiger partial charge is 0.303 e. The van der Waals surface area contributed by atoms with Crippen LogP contribution in [0.15, 0.2) is 12.3 Å². The maximum atomic E-state index is 10.3. The molecule has 90 valence electrons. The Hall–Kier alpha value is -2.16. The molecule has 0 aliphatic carbocycles. The average molecular weight is 234 g/mol. The van der Waals surface area contributed by atoms with E-state index in [0.717, 1.165) is 12.8 Å². The number of nitriles is 1. The highest BCUT2D eigenvalue weighted by atomic mass is 16.4.